The highest BCUT2D eigenvalue weighted by atomic mass is 35.5. The second kappa shape index (κ2) is 7.68. The van der Waals surface area contributed by atoms with Gasteiger partial charge in [0.25, 0.3) is 0 Å². The van der Waals surface area contributed by atoms with E-state index in [-0.39, 0.29) is 18.2 Å². The number of benzene rings is 1. The molecule has 1 fully saturated rings. The van der Waals surface area contributed by atoms with Crippen molar-refractivity contribution in [2.45, 2.75) is 19.4 Å². The molecule has 1 saturated heterocycles. The first kappa shape index (κ1) is 16.2. The predicted octanol–water partition coefficient (Wildman–Crippen LogP) is 2.30. The van der Waals surface area contributed by atoms with Crippen LogP contribution in [0.1, 0.15) is 13.3 Å². The molecule has 2 rings (SSSR count). The molecule has 2 unspecified atom stereocenters. The molecule has 5 heteroatoms. The molecule has 1 aromatic rings. The molecule has 3 nitrogen and oxygen atoms in total. The lowest BCUT2D eigenvalue weighted by atomic mass is 9.95. The quantitative estimate of drug-likeness (QED) is 0.924. The van der Waals surface area contributed by atoms with Crippen LogP contribution in [0, 0.1) is 11.7 Å². The van der Waals surface area contributed by atoms with E-state index in [2.05, 4.69) is 11.8 Å². The Kier molecular flexibility index (Phi) is 6.55. The molecule has 0 saturated carbocycles. The first-order valence-electron chi connectivity index (χ1n) is 6.52. The van der Waals surface area contributed by atoms with E-state index in [4.69, 9.17) is 10.5 Å². The van der Waals surface area contributed by atoms with Gasteiger partial charge in [0, 0.05) is 19.1 Å². The Hall–Kier alpha value is -0.840. The van der Waals surface area contributed by atoms with Gasteiger partial charge >= 0.3 is 0 Å². The van der Waals surface area contributed by atoms with E-state index < -0.39 is 0 Å². The van der Waals surface area contributed by atoms with Crippen molar-refractivity contribution in [3.63, 3.8) is 0 Å². The minimum absolute atomic E-state index is 0. The molecule has 0 amide bonds. The van der Waals surface area contributed by atoms with E-state index in [9.17, 15) is 4.39 Å². The Bertz CT molecular complexity index is 391. The van der Waals surface area contributed by atoms with Gasteiger partial charge in [-0.2, -0.15) is 0 Å². The third-order valence-electron chi connectivity index (χ3n) is 3.56. The number of piperidine rings is 1. The predicted molar refractivity (Wildman–Crippen MR) is 77.3 cm³/mol. The van der Waals surface area contributed by atoms with Crippen LogP contribution in [0.2, 0.25) is 0 Å². The van der Waals surface area contributed by atoms with Crippen LogP contribution in [0.25, 0.3) is 0 Å². The molecule has 19 heavy (non-hydrogen) atoms. The molecule has 0 radical (unpaired) electrons. The summed E-state index contributed by atoms with van der Waals surface area (Å²) >= 11 is 0. The van der Waals surface area contributed by atoms with Crippen LogP contribution in [0.4, 0.5) is 4.39 Å². The average Bonchev–Trinajstić information content (AvgIpc) is 2.36. The molecule has 1 aromatic carbocycles. The minimum atomic E-state index is -0.300. The minimum Gasteiger partial charge on any atom is -0.489 e. The molecule has 108 valence electrons. The number of hydrogen-bond acceptors (Lipinski definition) is 3. The van der Waals surface area contributed by atoms with E-state index in [1.165, 1.54) is 6.07 Å². The molecule has 0 aliphatic carbocycles. The van der Waals surface area contributed by atoms with Crippen LogP contribution < -0.4 is 10.5 Å². The van der Waals surface area contributed by atoms with Crippen molar-refractivity contribution < 1.29 is 9.13 Å². The Morgan fingerprint density at radius 1 is 1.42 bits per heavy atom. The van der Waals surface area contributed by atoms with Gasteiger partial charge in [0.05, 0.1) is 0 Å². The third-order valence-corrected chi connectivity index (χ3v) is 3.56. The van der Waals surface area contributed by atoms with Crippen molar-refractivity contribution in [3.05, 3.63) is 30.1 Å². The molecule has 0 aromatic heterocycles. The van der Waals surface area contributed by atoms with Gasteiger partial charge in [0.15, 0.2) is 11.6 Å². The summed E-state index contributed by atoms with van der Waals surface area (Å²) in [6.07, 6.45) is 1.03. The van der Waals surface area contributed by atoms with Crippen LogP contribution in [0.3, 0.4) is 0 Å². The lowest BCUT2D eigenvalue weighted by molar-refractivity contribution is 0.138. The summed E-state index contributed by atoms with van der Waals surface area (Å²) in [6.45, 7) is 5.52. The largest absolute Gasteiger partial charge is 0.489 e. The van der Waals surface area contributed by atoms with Gasteiger partial charge in [-0.15, -0.1) is 12.4 Å². The molecular weight excluding hydrogens is 267 g/mol. The Morgan fingerprint density at radius 2 is 2.16 bits per heavy atom. The van der Waals surface area contributed by atoms with Crippen molar-refractivity contribution in [1.82, 2.24) is 4.90 Å². The van der Waals surface area contributed by atoms with Crippen molar-refractivity contribution >= 4 is 12.4 Å². The molecule has 1 heterocycles. The number of nitrogens with two attached hydrogens (primary N) is 1. The summed E-state index contributed by atoms with van der Waals surface area (Å²) in [6, 6.07) is 6.83. The number of para-hydroxylation sites is 1. The van der Waals surface area contributed by atoms with Gasteiger partial charge in [-0.25, -0.2) is 4.39 Å². The summed E-state index contributed by atoms with van der Waals surface area (Å²) in [5.41, 5.74) is 5.97. The fourth-order valence-electron chi connectivity index (χ4n) is 2.30. The Morgan fingerprint density at radius 3 is 2.84 bits per heavy atom. The van der Waals surface area contributed by atoms with Crippen molar-refractivity contribution in [2.75, 3.05) is 26.2 Å². The van der Waals surface area contributed by atoms with Crippen molar-refractivity contribution in [2.24, 2.45) is 11.7 Å². The second-order valence-corrected chi connectivity index (χ2v) is 5.01. The molecule has 1 aliphatic rings. The summed E-state index contributed by atoms with van der Waals surface area (Å²) in [5, 5.41) is 0. The zero-order valence-electron chi connectivity index (χ0n) is 11.2. The first-order chi connectivity index (χ1) is 8.66. The number of likely N-dealkylation sites (tertiary alicyclic amines) is 1. The molecule has 2 N–H and O–H groups in total. The van der Waals surface area contributed by atoms with Gasteiger partial charge in [-0.1, -0.05) is 19.1 Å². The summed E-state index contributed by atoms with van der Waals surface area (Å²) in [5.74, 6) is 0.554. The summed E-state index contributed by atoms with van der Waals surface area (Å²) in [7, 11) is 0. The van der Waals surface area contributed by atoms with E-state index in [1.807, 2.05) is 0 Å². The normalized spacial score (nSPS) is 23.7. The molecule has 0 bridgehead atoms. The van der Waals surface area contributed by atoms with Crippen LogP contribution in [-0.4, -0.2) is 37.2 Å². The molecule has 0 spiro atoms. The van der Waals surface area contributed by atoms with Gasteiger partial charge in [0.2, 0.25) is 0 Å². The topological polar surface area (TPSA) is 38.5 Å². The Labute approximate surface area is 120 Å². The fourth-order valence-corrected chi connectivity index (χ4v) is 2.30. The second-order valence-electron chi connectivity index (χ2n) is 5.01. The smallest absolute Gasteiger partial charge is 0.165 e. The van der Waals surface area contributed by atoms with E-state index >= 15 is 0 Å². The summed E-state index contributed by atoms with van der Waals surface area (Å²) in [4.78, 5) is 2.33. The van der Waals surface area contributed by atoms with E-state index in [0.29, 0.717) is 24.3 Å². The fraction of sp³-hybridized carbons (Fsp3) is 0.571. The number of nitrogens with zero attached hydrogens (tertiary/aromatic N) is 1. The van der Waals surface area contributed by atoms with Crippen LogP contribution >= 0.6 is 12.4 Å². The highest BCUT2D eigenvalue weighted by Crippen LogP contribution is 2.17. The average molecular weight is 289 g/mol. The number of halogens is 2. The van der Waals surface area contributed by atoms with Gasteiger partial charge in [-0.3, -0.25) is 4.90 Å². The van der Waals surface area contributed by atoms with Crippen LogP contribution in [0.5, 0.6) is 5.75 Å². The highest BCUT2D eigenvalue weighted by Gasteiger charge is 2.22. The summed E-state index contributed by atoms with van der Waals surface area (Å²) < 4.78 is 18.8. The lowest BCUT2D eigenvalue weighted by Gasteiger charge is -2.34. The number of hydrogen-bond donors (Lipinski definition) is 1. The lowest BCUT2D eigenvalue weighted by Crippen LogP contribution is -2.46. The van der Waals surface area contributed by atoms with Gasteiger partial charge in [0.1, 0.15) is 6.61 Å². The molecule has 2 atom stereocenters. The zero-order chi connectivity index (χ0) is 13.0. The van der Waals surface area contributed by atoms with E-state index in [0.717, 1.165) is 26.1 Å². The Balaban J connectivity index is 0.00000180. The maximum absolute atomic E-state index is 13.3. The van der Waals surface area contributed by atoms with Crippen molar-refractivity contribution in [1.29, 1.82) is 0 Å². The molecular formula is C14H22ClFN2O. The number of rotatable bonds is 4. The number of ether oxygens (including phenoxy) is 1. The third kappa shape index (κ3) is 4.64. The monoisotopic (exact) mass is 288 g/mol. The molecule has 1 aliphatic heterocycles. The standard InChI is InChI=1S/C14H21FN2O.ClH/c1-11-10-17(7-6-13(11)16)8-9-18-14-5-3-2-4-12(14)15;/h2-5,11,13H,6-10,16H2,1H3;1H. The van der Waals surface area contributed by atoms with Gasteiger partial charge < -0.3 is 10.5 Å². The zero-order valence-corrected chi connectivity index (χ0v) is 12.0. The van der Waals surface area contributed by atoms with Crippen LogP contribution in [-0.2, 0) is 0 Å². The SMILES string of the molecule is CC1CN(CCOc2ccccc2F)CCC1N.Cl. The van der Waals surface area contributed by atoms with Crippen LogP contribution in [0.15, 0.2) is 24.3 Å². The maximum atomic E-state index is 13.3. The highest BCUT2D eigenvalue weighted by molar-refractivity contribution is 5.85. The van der Waals surface area contributed by atoms with Gasteiger partial charge in [-0.05, 0) is 31.0 Å². The van der Waals surface area contributed by atoms with E-state index in [1.54, 1.807) is 18.2 Å². The first-order valence-corrected chi connectivity index (χ1v) is 6.52. The maximum Gasteiger partial charge on any atom is 0.165 e. The van der Waals surface area contributed by atoms with Crippen molar-refractivity contribution in [3.8, 4) is 5.75 Å².